The van der Waals surface area contributed by atoms with Crippen molar-refractivity contribution >= 4 is 23.2 Å². The molecule has 0 radical (unpaired) electrons. The van der Waals surface area contributed by atoms with Crippen molar-refractivity contribution in [2.24, 2.45) is 22.5 Å². The topological polar surface area (TPSA) is 161 Å². The zero-order valence-corrected chi connectivity index (χ0v) is 19.8. The smallest absolute Gasteiger partial charge is 0.437 e. The molecular weight excluding hydrogens is 503 g/mol. The minimum atomic E-state index is -5.01. The monoisotopic (exact) mass is 523 g/mol. The van der Waals surface area contributed by atoms with Crippen LogP contribution in [0.1, 0.15) is 18.2 Å². The van der Waals surface area contributed by atoms with E-state index >= 15 is 0 Å². The summed E-state index contributed by atoms with van der Waals surface area (Å²) in [7, 11) is 1.42. The number of allylic oxidation sites excluding steroid dienone is 2. The van der Waals surface area contributed by atoms with E-state index in [9.17, 15) is 22.8 Å². The summed E-state index contributed by atoms with van der Waals surface area (Å²) in [6.45, 7) is 1.41. The number of nitrogens with one attached hydrogen (secondary N) is 1. The molecule has 1 unspecified atom stereocenters. The number of hydrogen-bond donors (Lipinski definition) is 3. The lowest BCUT2D eigenvalue weighted by atomic mass is 10.0. The molecule has 10 nitrogen and oxygen atoms in total. The molecule has 2 aromatic rings. The number of carbonyl (C=O) groups is 1. The van der Waals surface area contributed by atoms with Gasteiger partial charge in [0.25, 0.3) is 11.5 Å². The van der Waals surface area contributed by atoms with Crippen LogP contribution < -0.4 is 27.3 Å². The van der Waals surface area contributed by atoms with E-state index in [4.69, 9.17) is 33.2 Å². The van der Waals surface area contributed by atoms with Gasteiger partial charge in [0.15, 0.2) is 5.69 Å². The average Bonchev–Trinajstić information content (AvgIpc) is 2.82. The summed E-state index contributed by atoms with van der Waals surface area (Å²) in [6, 6.07) is 5.34. The molecule has 0 aliphatic rings. The summed E-state index contributed by atoms with van der Waals surface area (Å²) in [6.07, 6.45) is -0.356. The van der Waals surface area contributed by atoms with Crippen molar-refractivity contribution in [3.63, 3.8) is 0 Å². The number of aliphatic imine (C=N–C) groups is 1. The molecule has 0 spiro atoms. The van der Waals surface area contributed by atoms with Gasteiger partial charge in [0.05, 0.1) is 29.2 Å². The van der Waals surface area contributed by atoms with Crippen LogP contribution >= 0.6 is 11.6 Å². The highest BCUT2D eigenvalue weighted by molar-refractivity contribution is 6.30. The molecule has 36 heavy (non-hydrogen) atoms. The SMILES string of the molecule is CN=C(C=CN)C(=CC(C)Cn1cnc(C(F)(F)F)c(Oc2cc(Cl)cc(C#N)c2)c1=O)C(=O)NN. The molecule has 1 aromatic carbocycles. The van der Waals surface area contributed by atoms with Gasteiger partial charge >= 0.3 is 6.18 Å². The van der Waals surface area contributed by atoms with Crippen molar-refractivity contribution in [2.45, 2.75) is 19.6 Å². The van der Waals surface area contributed by atoms with Gasteiger partial charge in [-0.2, -0.15) is 18.4 Å². The number of alkyl halides is 3. The lowest BCUT2D eigenvalue weighted by molar-refractivity contribution is -0.142. The molecule has 1 amide bonds. The van der Waals surface area contributed by atoms with Crippen LogP contribution in [0.2, 0.25) is 5.02 Å². The van der Waals surface area contributed by atoms with Crippen LogP contribution in [0, 0.1) is 17.2 Å². The molecule has 2 rings (SSSR count). The van der Waals surface area contributed by atoms with Crippen molar-refractivity contribution in [1.82, 2.24) is 15.0 Å². The third-order valence-corrected chi connectivity index (χ3v) is 4.79. The molecular formula is C22H21ClF3N7O3. The number of benzene rings is 1. The summed E-state index contributed by atoms with van der Waals surface area (Å²) in [4.78, 5) is 32.6. The number of halogens is 4. The minimum Gasteiger partial charge on any atom is -0.449 e. The first-order valence-electron chi connectivity index (χ1n) is 10.1. The number of nitrogens with zero attached hydrogens (tertiary/aromatic N) is 4. The van der Waals surface area contributed by atoms with Crippen molar-refractivity contribution in [3.05, 3.63) is 75.1 Å². The van der Waals surface area contributed by atoms with E-state index in [0.717, 1.165) is 29.2 Å². The number of rotatable bonds is 8. The highest BCUT2D eigenvalue weighted by Gasteiger charge is 2.39. The molecule has 0 saturated heterocycles. The van der Waals surface area contributed by atoms with Gasteiger partial charge in [0.2, 0.25) is 5.75 Å². The Morgan fingerprint density at radius 2 is 2.11 bits per heavy atom. The molecule has 1 heterocycles. The second-order valence-corrected chi connectivity index (χ2v) is 7.70. The van der Waals surface area contributed by atoms with Crippen LogP contribution in [0.4, 0.5) is 13.2 Å². The number of hydrogen-bond acceptors (Lipinski definition) is 8. The molecule has 0 aliphatic carbocycles. The van der Waals surface area contributed by atoms with Gasteiger partial charge in [-0.3, -0.25) is 24.6 Å². The Hall–Kier alpha value is -4.15. The molecule has 0 bridgehead atoms. The van der Waals surface area contributed by atoms with Crippen molar-refractivity contribution in [2.75, 3.05) is 7.05 Å². The molecule has 1 aromatic heterocycles. The lowest BCUT2D eigenvalue weighted by Gasteiger charge is -2.16. The quantitative estimate of drug-likeness (QED) is 0.157. The minimum absolute atomic E-state index is 0.0136. The average molecular weight is 524 g/mol. The lowest BCUT2D eigenvalue weighted by Crippen LogP contribution is -2.34. The van der Waals surface area contributed by atoms with Gasteiger partial charge in [0, 0.05) is 18.6 Å². The number of aromatic nitrogens is 2. The zero-order valence-electron chi connectivity index (χ0n) is 19.0. The first-order valence-corrected chi connectivity index (χ1v) is 10.5. The van der Waals surface area contributed by atoms with E-state index < -0.39 is 35.0 Å². The Labute approximate surface area is 208 Å². The van der Waals surface area contributed by atoms with Gasteiger partial charge in [0.1, 0.15) is 5.75 Å². The number of nitrogens with two attached hydrogens (primary N) is 2. The van der Waals surface area contributed by atoms with Crippen LogP contribution in [-0.4, -0.2) is 28.2 Å². The molecule has 5 N–H and O–H groups in total. The van der Waals surface area contributed by atoms with Gasteiger partial charge in [-0.25, -0.2) is 10.8 Å². The summed E-state index contributed by atoms with van der Waals surface area (Å²) in [5, 5.41) is 9.09. The maximum absolute atomic E-state index is 13.6. The fraction of sp³-hybridized carbons (Fsp3) is 0.227. The summed E-state index contributed by atoms with van der Waals surface area (Å²) < 4.78 is 46.9. The van der Waals surface area contributed by atoms with E-state index in [0.29, 0.717) is 0 Å². The fourth-order valence-electron chi connectivity index (χ4n) is 3.08. The van der Waals surface area contributed by atoms with Crippen molar-refractivity contribution < 1.29 is 22.7 Å². The Bertz CT molecular complexity index is 1330. The second-order valence-electron chi connectivity index (χ2n) is 7.27. The van der Waals surface area contributed by atoms with Crippen molar-refractivity contribution in [3.8, 4) is 17.6 Å². The molecule has 0 aliphatic heterocycles. The van der Waals surface area contributed by atoms with E-state index in [1.54, 1.807) is 13.0 Å². The molecule has 190 valence electrons. The number of amides is 1. The Balaban J connectivity index is 2.55. The molecule has 14 heteroatoms. The van der Waals surface area contributed by atoms with Crippen LogP contribution in [0.3, 0.4) is 0 Å². The molecule has 1 atom stereocenters. The number of hydrazine groups is 1. The first-order chi connectivity index (χ1) is 16.9. The largest absolute Gasteiger partial charge is 0.449 e. The van der Waals surface area contributed by atoms with E-state index in [1.807, 2.05) is 5.43 Å². The highest BCUT2D eigenvalue weighted by Crippen LogP contribution is 2.35. The van der Waals surface area contributed by atoms with Gasteiger partial charge in [-0.15, -0.1) is 0 Å². The summed E-state index contributed by atoms with van der Waals surface area (Å²) in [5.41, 5.74) is 4.88. The Morgan fingerprint density at radius 1 is 1.42 bits per heavy atom. The van der Waals surface area contributed by atoms with Gasteiger partial charge in [-0.05, 0) is 36.4 Å². The van der Waals surface area contributed by atoms with E-state index in [-0.39, 0.29) is 34.2 Å². The third kappa shape index (κ3) is 6.94. The maximum Gasteiger partial charge on any atom is 0.437 e. The second kappa shape index (κ2) is 12.0. The number of ether oxygens (including phenoxy) is 1. The highest BCUT2D eigenvalue weighted by atomic mass is 35.5. The predicted octanol–water partition coefficient (Wildman–Crippen LogP) is 2.68. The standard InChI is InChI=1S/C22H21ClF3N7O3/c1-12(5-16(20(34)32-29)17(30-2)3-4-27)10-33-11-31-19(22(24,25)26)18(21(33)35)36-15-7-13(9-28)6-14(23)8-15/h3-8,11-12H,10,27,29H2,1-2H3,(H,32,34). The van der Waals surface area contributed by atoms with Crippen LogP contribution in [0.15, 0.2) is 58.2 Å². The third-order valence-electron chi connectivity index (χ3n) is 4.57. The van der Waals surface area contributed by atoms with Crippen LogP contribution in [0.5, 0.6) is 11.5 Å². The maximum atomic E-state index is 13.6. The summed E-state index contributed by atoms with van der Waals surface area (Å²) >= 11 is 5.89. The van der Waals surface area contributed by atoms with Crippen molar-refractivity contribution in [1.29, 1.82) is 5.26 Å². The fourth-order valence-corrected chi connectivity index (χ4v) is 3.30. The van der Waals surface area contributed by atoms with E-state index in [2.05, 4.69) is 9.98 Å². The predicted molar refractivity (Wildman–Crippen MR) is 126 cm³/mol. The Morgan fingerprint density at radius 3 is 2.67 bits per heavy atom. The normalized spacial score (nSPS) is 13.4. The van der Waals surface area contributed by atoms with E-state index in [1.165, 1.54) is 25.3 Å². The van der Waals surface area contributed by atoms with Gasteiger partial charge in [-0.1, -0.05) is 24.6 Å². The molecule has 0 fully saturated rings. The van der Waals surface area contributed by atoms with Crippen LogP contribution in [0.25, 0.3) is 0 Å². The molecule has 0 saturated carbocycles. The van der Waals surface area contributed by atoms with Crippen LogP contribution in [-0.2, 0) is 17.5 Å². The Kier molecular flexibility index (Phi) is 9.37. The zero-order chi connectivity index (χ0) is 27.0. The first kappa shape index (κ1) is 28.1. The number of nitriles is 1. The number of carbonyl (C=O) groups excluding carboxylic acids is 1. The van der Waals surface area contributed by atoms with Gasteiger partial charge < -0.3 is 10.5 Å². The summed E-state index contributed by atoms with van der Waals surface area (Å²) in [5.74, 6) is 2.57.